The number of aromatic nitrogens is 1. The Morgan fingerprint density at radius 3 is 2.89 bits per heavy atom. The minimum absolute atomic E-state index is 0.197. The van der Waals surface area contributed by atoms with E-state index >= 15 is 0 Å². The Morgan fingerprint density at radius 1 is 1.56 bits per heavy atom. The Balaban J connectivity index is 2.34. The van der Waals surface area contributed by atoms with Crippen molar-refractivity contribution in [3.63, 3.8) is 0 Å². The molecular formula is C11H17N3O4. The van der Waals surface area contributed by atoms with E-state index in [-0.39, 0.29) is 6.54 Å². The van der Waals surface area contributed by atoms with E-state index < -0.39 is 18.0 Å². The first-order valence-corrected chi connectivity index (χ1v) is 5.80. The van der Waals surface area contributed by atoms with E-state index in [0.717, 1.165) is 12.8 Å². The highest BCUT2D eigenvalue weighted by molar-refractivity contribution is 5.82. The van der Waals surface area contributed by atoms with Gasteiger partial charge in [0.05, 0.1) is 6.54 Å². The van der Waals surface area contributed by atoms with Crippen molar-refractivity contribution in [3.05, 3.63) is 18.0 Å². The molecule has 7 nitrogen and oxygen atoms in total. The second-order valence-corrected chi connectivity index (χ2v) is 3.85. The third kappa shape index (κ3) is 4.86. The van der Waals surface area contributed by atoms with E-state index in [1.165, 1.54) is 6.26 Å². The molecule has 0 saturated carbocycles. The van der Waals surface area contributed by atoms with E-state index in [1.54, 1.807) is 6.07 Å². The van der Waals surface area contributed by atoms with Crippen molar-refractivity contribution >= 4 is 12.0 Å². The topological polar surface area (TPSA) is 104 Å². The highest BCUT2D eigenvalue weighted by atomic mass is 16.5. The second kappa shape index (κ2) is 7.31. The average Bonchev–Trinajstić information content (AvgIpc) is 2.84. The summed E-state index contributed by atoms with van der Waals surface area (Å²) < 4.78 is 4.60. The van der Waals surface area contributed by atoms with Crippen LogP contribution in [0.25, 0.3) is 0 Å². The normalized spacial score (nSPS) is 11.8. The first-order valence-electron chi connectivity index (χ1n) is 5.80. The molecule has 0 aliphatic heterocycles. The fourth-order valence-electron chi connectivity index (χ4n) is 1.37. The summed E-state index contributed by atoms with van der Waals surface area (Å²) in [6.45, 7) is 2.16. The molecule has 0 bridgehead atoms. The third-order valence-corrected chi connectivity index (χ3v) is 2.37. The number of carbonyl (C=O) groups is 2. The molecule has 0 aliphatic carbocycles. The standard InChI is InChI=1S/C11H17N3O4/c1-2-3-4-9(10(15)16)13-11(17)12-7-8-5-6-18-14-8/h5-6,9H,2-4,7H2,1H3,(H,15,16)(H2,12,13,17)/t9-/m0/s1. The van der Waals surface area contributed by atoms with Crippen LogP contribution >= 0.6 is 0 Å². The van der Waals surface area contributed by atoms with E-state index in [1.807, 2.05) is 6.92 Å². The minimum atomic E-state index is -1.03. The molecule has 0 aromatic carbocycles. The van der Waals surface area contributed by atoms with Crippen molar-refractivity contribution in [1.82, 2.24) is 15.8 Å². The SMILES string of the molecule is CCCC[C@H](NC(=O)NCc1ccon1)C(=O)O. The molecule has 18 heavy (non-hydrogen) atoms. The predicted molar refractivity (Wildman–Crippen MR) is 62.8 cm³/mol. The lowest BCUT2D eigenvalue weighted by Gasteiger charge is -2.14. The zero-order chi connectivity index (χ0) is 13.4. The maximum atomic E-state index is 11.5. The van der Waals surface area contributed by atoms with Crippen molar-refractivity contribution in [1.29, 1.82) is 0 Å². The number of aliphatic carboxylic acids is 1. The Kier molecular flexibility index (Phi) is 5.69. The van der Waals surface area contributed by atoms with Gasteiger partial charge in [0.25, 0.3) is 0 Å². The summed E-state index contributed by atoms with van der Waals surface area (Å²) in [5, 5.41) is 17.5. The smallest absolute Gasteiger partial charge is 0.326 e. The van der Waals surface area contributed by atoms with Gasteiger partial charge in [-0.1, -0.05) is 24.9 Å². The highest BCUT2D eigenvalue weighted by Crippen LogP contribution is 2.01. The number of carbonyl (C=O) groups excluding carboxylic acids is 1. The van der Waals surface area contributed by atoms with Crippen LogP contribution in [0.5, 0.6) is 0 Å². The number of hydrogen-bond acceptors (Lipinski definition) is 4. The number of unbranched alkanes of at least 4 members (excludes halogenated alkanes) is 1. The van der Waals surface area contributed by atoms with Gasteiger partial charge in [-0.15, -0.1) is 0 Å². The number of nitrogens with zero attached hydrogens (tertiary/aromatic N) is 1. The molecule has 3 N–H and O–H groups in total. The molecule has 0 unspecified atom stereocenters. The molecule has 0 aliphatic rings. The van der Waals surface area contributed by atoms with Gasteiger partial charge in [-0.25, -0.2) is 9.59 Å². The Morgan fingerprint density at radius 2 is 2.33 bits per heavy atom. The Labute approximate surface area is 105 Å². The molecule has 1 atom stereocenters. The zero-order valence-corrected chi connectivity index (χ0v) is 10.2. The van der Waals surface area contributed by atoms with Crippen LogP contribution in [0.15, 0.2) is 16.9 Å². The first-order chi connectivity index (χ1) is 8.63. The average molecular weight is 255 g/mol. The van der Waals surface area contributed by atoms with Crippen molar-refractivity contribution in [2.24, 2.45) is 0 Å². The maximum Gasteiger partial charge on any atom is 0.326 e. The molecule has 1 rings (SSSR count). The van der Waals surface area contributed by atoms with E-state index in [4.69, 9.17) is 5.11 Å². The number of hydrogen-bond donors (Lipinski definition) is 3. The molecule has 1 heterocycles. The third-order valence-electron chi connectivity index (χ3n) is 2.37. The number of carboxylic acid groups (broad SMARTS) is 1. The Bertz CT molecular complexity index is 378. The fourth-order valence-corrected chi connectivity index (χ4v) is 1.37. The summed E-state index contributed by atoms with van der Waals surface area (Å²) >= 11 is 0. The minimum Gasteiger partial charge on any atom is -0.480 e. The van der Waals surface area contributed by atoms with Crippen LogP contribution in [0.3, 0.4) is 0 Å². The maximum absolute atomic E-state index is 11.5. The summed E-state index contributed by atoms with van der Waals surface area (Å²) in [4.78, 5) is 22.4. The number of urea groups is 1. The molecule has 2 amide bonds. The summed E-state index contributed by atoms with van der Waals surface area (Å²) in [5.41, 5.74) is 0.575. The van der Waals surface area contributed by atoms with Gasteiger partial charge in [0.1, 0.15) is 18.0 Å². The quantitative estimate of drug-likeness (QED) is 0.677. The molecule has 0 spiro atoms. The van der Waals surface area contributed by atoms with Crippen LogP contribution in [-0.2, 0) is 11.3 Å². The molecular weight excluding hydrogens is 238 g/mol. The van der Waals surface area contributed by atoms with Crippen molar-refractivity contribution < 1.29 is 19.2 Å². The van der Waals surface area contributed by atoms with Crippen LogP contribution in [-0.4, -0.2) is 28.3 Å². The molecule has 1 aromatic heterocycles. The van der Waals surface area contributed by atoms with E-state index in [0.29, 0.717) is 12.1 Å². The van der Waals surface area contributed by atoms with Gasteiger partial charge >= 0.3 is 12.0 Å². The van der Waals surface area contributed by atoms with E-state index in [9.17, 15) is 9.59 Å². The van der Waals surface area contributed by atoms with Gasteiger partial charge in [0.15, 0.2) is 0 Å². The highest BCUT2D eigenvalue weighted by Gasteiger charge is 2.18. The number of carboxylic acids is 1. The number of nitrogens with one attached hydrogen (secondary N) is 2. The van der Waals surface area contributed by atoms with Crippen LogP contribution in [0.2, 0.25) is 0 Å². The summed E-state index contributed by atoms with van der Waals surface area (Å²) in [5.74, 6) is -1.03. The summed E-state index contributed by atoms with van der Waals surface area (Å²) in [7, 11) is 0. The summed E-state index contributed by atoms with van der Waals surface area (Å²) in [6.07, 6.45) is 3.45. The van der Waals surface area contributed by atoms with Gasteiger partial charge in [-0.05, 0) is 6.42 Å². The largest absolute Gasteiger partial charge is 0.480 e. The Hall–Kier alpha value is -2.05. The predicted octanol–water partition coefficient (Wildman–Crippen LogP) is 1.12. The molecule has 100 valence electrons. The van der Waals surface area contributed by atoms with Crippen LogP contribution in [0, 0.1) is 0 Å². The van der Waals surface area contributed by atoms with Crippen LogP contribution in [0.1, 0.15) is 31.9 Å². The first kappa shape index (κ1) is 14.0. The summed E-state index contributed by atoms with van der Waals surface area (Å²) in [6, 6.07) is 0.232. The van der Waals surface area contributed by atoms with Crippen molar-refractivity contribution in [2.45, 2.75) is 38.8 Å². The zero-order valence-electron chi connectivity index (χ0n) is 10.2. The lowest BCUT2D eigenvalue weighted by molar-refractivity contribution is -0.139. The van der Waals surface area contributed by atoms with E-state index in [2.05, 4.69) is 20.3 Å². The molecule has 0 radical (unpaired) electrons. The molecule has 1 aromatic rings. The molecule has 0 saturated heterocycles. The van der Waals surface area contributed by atoms with Gasteiger partial charge in [0.2, 0.25) is 0 Å². The van der Waals surface area contributed by atoms with Gasteiger partial charge in [0, 0.05) is 6.07 Å². The monoisotopic (exact) mass is 255 g/mol. The lowest BCUT2D eigenvalue weighted by atomic mass is 10.1. The van der Waals surface area contributed by atoms with Crippen LogP contribution in [0.4, 0.5) is 4.79 Å². The van der Waals surface area contributed by atoms with Crippen LogP contribution < -0.4 is 10.6 Å². The fraction of sp³-hybridized carbons (Fsp3) is 0.545. The molecule has 0 fully saturated rings. The molecule has 7 heteroatoms. The van der Waals surface area contributed by atoms with Gasteiger partial charge in [-0.2, -0.15) is 0 Å². The van der Waals surface area contributed by atoms with Gasteiger partial charge < -0.3 is 20.3 Å². The number of rotatable bonds is 7. The van der Waals surface area contributed by atoms with Crippen molar-refractivity contribution in [2.75, 3.05) is 0 Å². The second-order valence-electron chi connectivity index (χ2n) is 3.85. The van der Waals surface area contributed by atoms with Gasteiger partial charge in [-0.3, -0.25) is 0 Å². The lowest BCUT2D eigenvalue weighted by Crippen LogP contribution is -2.45. The van der Waals surface area contributed by atoms with Crippen molar-refractivity contribution in [3.8, 4) is 0 Å². The number of amides is 2.